The highest BCUT2D eigenvalue weighted by atomic mass is 16.2. The summed E-state index contributed by atoms with van der Waals surface area (Å²) in [6, 6.07) is 0. The lowest BCUT2D eigenvalue weighted by atomic mass is 10.0. The molecule has 5 nitrogen and oxygen atoms in total. The molecule has 0 unspecified atom stereocenters. The van der Waals surface area contributed by atoms with E-state index in [1.807, 2.05) is 12.2 Å². The van der Waals surface area contributed by atoms with Gasteiger partial charge in [0.05, 0.1) is 0 Å². The maximum absolute atomic E-state index is 11.4. The smallest absolute Gasteiger partial charge is 0.313 e. The summed E-state index contributed by atoms with van der Waals surface area (Å²) in [7, 11) is 2.09. The van der Waals surface area contributed by atoms with Gasteiger partial charge in [-0.3, -0.25) is 9.59 Å². The maximum Gasteiger partial charge on any atom is 0.313 e. The van der Waals surface area contributed by atoms with Crippen LogP contribution in [0.5, 0.6) is 0 Å². The minimum atomic E-state index is -0.957. The molecular formula is C14H19N3O2. The predicted molar refractivity (Wildman–Crippen MR) is 72.9 cm³/mol. The van der Waals surface area contributed by atoms with Crippen molar-refractivity contribution in [3.63, 3.8) is 0 Å². The van der Waals surface area contributed by atoms with Gasteiger partial charge in [0.1, 0.15) is 0 Å². The largest absolute Gasteiger partial charge is 0.361 e. The third-order valence-electron chi connectivity index (χ3n) is 3.59. The monoisotopic (exact) mass is 261 g/mol. The Kier molecular flexibility index (Phi) is 3.85. The van der Waals surface area contributed by atoms with E-state index in [1.165, 1.54) is 11.1 Å². The Balaban J connectivity index is 2.31. The van der Waals surface area contributed by atoms with E-state index in [1.54, 1.807) is 0 Å². The van der Waals surface area contributed by atoms with Crippen molar-refractivity contribution in [2.75, 3.05) is 20.1 Å². The van der Waals surface area contributed by atoms with Crippen LogP contribution in [0, 0.1) is 0 Å². The van der Waals surface area contributed by atoms with Crippen molar-refractivity contribution in [1.82, 2.24) is 10.2 Å². The van der Waals surface area contributed by atoms with Crippen LogP contribution >= 0.6 is 0 Å². The van der Waals surface area contributed by atoms with Crippen LogP contribution in [0.4, 0.5) is 0 Å². The van der Waals surface area contributed by atoms with Crippen LogP contribution in [0.2, 0.25) is 0 Å². The van der Waals surface area contributed by atoms with Crippen LogP contribution in [0.3, 0.4) is 0 Å². The number of fused-ring (bicyclic) bond motifs is 2. The zero-order chi connectivity index (χ0) is 14.0. The molecule has 1 saturated heterocycles. The van der Waals surface area contributed by atoms with Crippen LogP contribution in [0.1, 0.15) is 19.8 Å². The number of amides is 2. The first-order valence-electron chi connectivity index (χ1n) is 6.35. The number of carbonyl (C=O) groups is 2. The number of allylic oxidation sites excluding steroid dienone is 3. The predicted octanol–water partition coefficient (Wildman–Crippen LogP) is 0.454. The molecule has 0 aromatic heterocycles. The molecule has 1 fully saturated rings. The highest BCUT2D eigenvalue weighted by Crippen LogP contribution is 2.28. The number of hydrogen-bond acceptors (Lipinski definition) is 3. The molecule has 1 aliphatic carbocycles. The van der Waals surface area contributed by atoms with Gasteiger partial charge < -0.3 is 16.0 Å². The molecule has 19 heavy (non-hydrogen) atoms. The fourth-order valence-corrected chi connectivity index (χ4v) is 2.38. The van der Waals surface area contributed by atoms with E-state index in [9.17, 15) is 9.59 Å². The van der Waals surface area contributed by atoms with E-state index < -0.39 is 11.8 Å². The Hall–Kier alpha value is -1.88. The standard InChI is InChI=1S/C14H19N3O2/c1-9-3-4-12(16-14(19)13(15)18)10-5-6-17(2)8-11(9)7-10/h3-4H,5-8H2,1-2H3,(H2,15,18)(H,16,19). The molecule has 2 rings (SSSR count). The van der Waals surface area contributed by atoms with Gasteiger partial charge in [-0.15, -0.1) is 0 Å². The highest BCUT2D eigenvalue weighted by Gasteiger charge is 2.20. The van der Waals surface area contributed by atoms with Crippen molar-refractivity contribution >= 4 is 11.8 Å². The minimum absolute atomic E-state index is 0.716. The number of nitrogens with zero attached hydrogens (tertiary/aromatic N) is 1. The van der Waals surface area contributed by atoms with Crippen molar-refractivity contribution in [1.29, 1.82) is 0 Å². The van der Waals surface area contributed by atoms with Crippen LogP contribution in [-0.2, 0) is 9.59 Å². The summed E-state index contributed by atoms with van der Waals surface area (Å²) in [4.78, 5) is 24.6. The van der Waals surface area contributed by atoms with Gasteiger partial charge in [-0.1, -0.05) is 11.6 Å². The van der Waals surface area contributed by atoms with E-state index >= 15 is 0 Å². The van der Waals surface area contributed by atoms with Crippen molar-refractivity contribution in [2.45, 2.75) is 19.8 Å². The van der Waals surface area contributed by atoms with Crippen molar-refractivity contribution in [3.8, 4) is 0 Å². The maximum atomic E-state index is 11.4. The van der Waals surface area contributed by atoms with Gasteiger partial charge in [-0.2, -0.15) is 0 Å². The molecule has 0 aromatic rings. The Morgan fingerprint density at radius 1 is 1.32 bits per heavy atom. The quantitative estimate of drug-likeness (QED) is 0.673. The zero-order valence-corrected chi connectivity index (χ0v) is 11.3. The number of hydrogen-bond donors (Lipinski definition) is 2. The molecule has 3 N–H and O–H groups in total. The molecule has 2 aliphatic rings. The molecule has 102 valence electrons. The third-order valence-corrected chi connectivity index (χ3v) is 3.59. The van der Waals surface area contributed by atoms with Crippen LogP contribution in [-0.4, -0.2) is 36.9 Å². The topological polar surface area (TPSA) is 75.4 Å². The van der Waals surface area contributed by atoms with Gasteiger partial charge in [0, 0.05) is 18.8 Å². The van der Waals surface area contributed by atoms with Gasteiger partial charge in [-0.25, -0.2) is 0 Å². The SMILES string of the molecule is CC1=C2CC(=C(NC(=O)C(N)=O)C=C1)CCN(C)C2. The molecule has 0 aromatic carbocycles. The number of rotatable bonds is 1. The Morgan fingerprint density at radius 3 is 2.74 bits per heavy atom. The average molecular weight is 261 g/mol. The fourth-order valence-electron chi connectivity index (χ4n) is 2.38. The number of likely N-dealkylation sites (N-methyl/N-ethyl adjacent to an activating group) is 1. The highest BCUT2D eigenvalue weighted by molar-refractivity contribution is 6.34. The average Bonchev–Trinajstić information content (AvgIpc) is 2.62. The fraction of sp³-hybridized carbons (Fsp3) is 0.429. The molecule has 5 heteroatoms. The first-order valence-corrected chi connectivity index (χ1v) is 6.35. The van der Waals surface area contributed by atoms with E-state index in [0.29, 0.717) is 5.70 Å². The van der Waals surface area contributed by atoms with Crippen molar-refractivity contribution < 1.29 is 9.59 Å². The summed E-state index contributed by atoms with van der Waals surface area (Å²) in [6.45, 7) is 3.95. The van der Waals surface area contributed by atoms with Crippen molar-refractivity contribution in [2.24, 2.45) is 5.73 Å². The first-order chi connectivity index (χ1) is 8.97. The number of likely N-dealkylation sites (tertiary alicyclic amines) is 1. The Labute approximate surface area is 112 Å². The Bertz CT molecular complexity index is 515. The number of primary amides is 1. The minimum Gasteiger partial charge on any atom is -0.361 e. The molecule has 2 amide bonds. The van der Waals surface area contributed by atoms with Crippen LogP contribution < -0.4 is 11.1 Å². The summed E-state index contributed by atoms with van der Waals surface area (Å²) >= 11 is 0. The second kappa shape index (κ2) is 5.40. The normalized spacial score (nSPS) is 20.1. The lowest BCUT2D eigenvalue weighted by Gasteiger charge is -2.14. The molecule has 0 spiro atoms. The molecule has 0 saturated carbocycles. The number of nitrogens with two attached hydrogens (primary N) is 1. The second-order valence-corrected chi connectivity index (χ2v) is 5.12. The first kappa shape index (κ1) is 13.5. The molecule has 2 bridgehead atoms. The zero-order valence-electron chi connectivity index (χ0n) is 11.3. The lowest BCUT2D eigenvalue weighted by molar-refractivity contribution is -0.136. The van der Waals surface area contributed by atoms with Gasteiger partial charge in [0.2, 0.25) is 0 Å². The summed E-state index contributed by atoms with van der Waals surface area (Å²) < 4.78 is 0. The van der Waals surface area contributed by atoms with Gasteiger partial charge in [-0.05, 0) is 44.0 Å². The molecule has 0 atom stereocenters. The summed E-state index contributed by atoms with van der Waals surface area (Å²) in [5, 5.41) is 2.61. The molecule has 0 radical (unpaired) electrons. The van der Waals surface area contributed by atoms with Gasteiger partial charge in [0.15, 0.2) is 0 Å². The third kappa shape index (κ3) is 3.12. The van der Waals surface area contributed by atoms with E-state index in [-0.39, 0.29) is 0 Å². The molecule has 1 aliphatic heterocycles. The van der Waals surface area contributed by atoms with Gasteiger partial charge >= 0.3 is 11.8 Å². The lowest BCUT2D eigenvalue weighted by Crippen LogP contribution is -2.35. The number of nitrogens with one attached hydrogen (secondary N) is 1. The molecule has 1 heterocycles. The van der Waals surface area contributed by atoms with E-state index in [4.69, 9.17) is 5.73 Å². The van der Waals surface area contributed by atoms with Crippen LogP contribution in [0.25, 0.3) is 0 Å². The second-order valence-electron chi connectivity index (χ2n) is 5.12. The Morgan fingerprint density at radius 2 is 2.05 bits per heavy atom. The van der Waals surface area contributed by atoms with Crippen molar-refractivity contribution in [3.05, 3.63) is 34.6 Å². The summed E-state index contributed by atoms with van der Waals surface area (Å²) in [5.74, 6) is -1.72. The van der Waals surface area contributed by atoms with E-state index in [2.05, 4.69) is 24.2 Å². The summed E-state index contributed by atoms with van der Waals surface area (Å²) in [5.41, 5.74) is 9.43. The molecular weight excluding hydrogens is 242 g/mol. The number of carbonyl (C=O) groups excluding carboxylic acids is 2. The summed E-state index contributed by atoms with van der Waals surface area (Å²) in [6.07, 6.45) is 5.57. The van der Waals surface area contributed by atoms with Crippen LogP contribution in [0.15, 0.2) is 34.6 Å². The van der Waals surface area contributed by atoms with E-state index in [0.717, 1.165) is 31.5 Å². The van der Waals surface area contributed by atoms with Gasteiger partial charge in [0.25, 0.3) is 0 Å².